The highest BCUT2D eigenvalue weighted by Gasteiger charge is 2.36. The zero-order valence-corrected chi connectivity index (χ0v) is 10.8. The van der Waals surface area contributed by atoms with Gasteiger partial charge in [0, 0.05) is 6.61 Å². The number of ether oxygens (including phenoxy) is 1. The minimum Gasteiger partial charge on any atom is -0.491 e. The van der Waals surface area contributed by atoms with Crippen molar-refractivity contribution in [3.05, 3.63) is 29.8 Å². The number of hydrogen-bond acceptors (Lipinski definition) is 2. The van der Waals surface area contributed by atoms with Gasteiger partial charge in [-0.05, 0) is 56.2 Å². The van der Waals surface area contributed by atoms with E-state index >= 15 is 0 Å². The summed E-state index contributed by atoms with van der Waals surface area (Å²) in [5, 5.41) is 9.45. The summed E-state index contributed by atoms with van der Waals surface area (Å²) < 4.78 is 5.62. The number of aliphatic hydroxyl groups is 1. The zero-order valence-electron chi connectivity index (χ0n) is 10.8. The molecule has 0 amide bonds. The summed E-state index contributed by atoms with van der Waals surface area (Å²) in [6.07, 6.45) is 4.79. The molecule has 1 fully saturated rings. The van der Waals surface area contributed by atoms with Crippen molar-refractivity contribution in [1.82, 2.24) is 0 Å². The van der Waals surface area contributed by atoms with Crippen LogP contribution in [0.25, 0.3) is 0 Å². The molecule has 1 aromatic carbocycles. The van der Waals surface area contributed by atoms with E-state index < -0.39 is 0 Å². The second kappa shape index (κ2) is 5.09. The molecule has 0 heterocycles. The maximum absolute atomic E-state index is 9.45. The summed E-state index contributed by atoms with van der Waals surface area (Å²) in [5.74, 6) is 0.926. The second-order valence-corrected chi connectivity index (χ2v) is 5.50. The lowest BCUT2D eigenvalue weighted by Gasteiger charge is -2.40. The van der Waals surface area contributed by atoms with Crippen molar-refractivity contribution in [2.75, 3.05) is 6.61 Å². The van der Waals surface area contributed by atoms with Crippen LogP contribution in [0.4, 0.5) is 0 Å². The van der Waals surface area contributed by atoms with Gasteiger partial charge >= 0.3 is 0 Å². The molecule has 0 unspecified atom stereocenters. The molecule has 94 valence electrons. The summed E-state index contributed by atoms with van der Waals surface area (Å²) in [4.78, 5) is 0. The van der Waals surface area contributed by atoms with Crippen LogP contribution in [-0.2, 0) is 6.42 Å². The normalized spacial score (nSPS) is 17.9. The Morgan fingerprint density at radius 1 is 1.24 bits per heavy atom. The molecule has 0 aliphatic heterocycles. The molecule has 0 spiro atoms. The predicted octanol–water partition coefficient (Wildman–Crippen LogP) is 3.18. The first kappa shape index (κ1) is 12.4. The van der Waals surface area contributed by atoms with E-state index in [1.165, 1.54) is 12.0 Å². The molecule has 2 heteroatoms. The van der Waals surface area contributed by atoms with Gasteiger partial charge in [0.1, 0.15) is 5.75 Å². The largest absolute Gasteiger partial charge is 0.491 e. The van der Waals surface area contributed by atoms with Gasteiger partial charge in [0.15, 0.2) is 0 Å². The third-order valence-electron chi connectivity index (χ3n) is 3.62. The summed E-state index contributed by atoms with van der Waals surface area (Å²) in [6.45, 7) is 4.38. The molecule has 1 aliphatic rings. The van der Waals surface area contributed by atoms with Crippen LogP contribution in [0, 0.1) is 5.41 Å². The standard InChI is InChI=1S/C15H22O2/c1-12(2)17-14-6-4-13(5-7-14)10-15(11-16)8-3-9-15/h4-7,12,16H,3,8-11H2,1-2H3. The fourth-order valence-electron chi connectivity index (χ4n) is 2.46. The van der Waals surface area contributed by atoms with Crippen molar-refractivity contribution in [1.29, 1.82) is 0 Å². The van der Waals surface area contributed by atoms with E-state index in [9.17, 15) is 5.11 Å². The molecule has 2 rings (SSSR count). The van der Waals surface area contributed by atoms with Crippen molar-refractivity contribution in [3.63, 3.8) is 0 Å². The quantitative estimate of drug-likeness (QED) is 0.848. The van der Waals surface area contributed by atoms with Gasteiger partial charge in [0.25, 0.3) is 0 Å². The maximum Gasteiger partial charge on any atom is 0.119 e. The van der Waals surface area contributed by atoms with Gasteiger partial charge in [-0.1, -0.05) is 18.6 Å². The molecule has 0 bridgehead atoms. The predicted molar refractivity (Wildman–Crippen MR) is 69.3 cm³/mol. The average Bonchev–Trinajstić information content (AvgIpc) is 2.25. The Balaban J connectivity index is 1.98. The SMILES string of the molecule is CC(C)Oc1ccc(CC2(CO)CCC2)cc1. The van der Waals surface area contributed by atoms with Crippen molar-refractivity contribution in [3.8, 4) is 5.75 Å². The van der Waals surface area contributed by atoms with Crippen molar-refractivity contribution < 1.29 is 9.84 Å². The van der Waals surface area contributed by atoms with E-state index in [-0.39, 0.29) is 11.5 Å². The van der Waals surface area contributed by atoms with Crippen LogP contribution in [0.15, 0.2) is 24.3 Å². The minimum atomic E-state index is 0.167. The molecule has 2 nitrogen and oxygen atoms in total. The van der Waals surface area contributed by atoms with Gasteiger partial charge in [0.2, 0.25) is 0 Å². The van der Waals surface area contributed by atoms with Crippen LogP contribution >= 0.6 is 0 Å². The summed E-state index contributed by atoms with van der Waals surface area (Å²) in [5.41, 5.74) is 1.47. The number of benzene rings is 1. The minimum absolute atomic E-state index is 0.167. The molecule has 1 N–H and O–H groups in total. The van der Waals surface area contributed by atoms with Crippen molar-refractivity contribution in [2.45, 2.75) is 45.6 Å². The van der Waals surface area contributed by atoms with Gasteiger partial charge in [-0.15, -0.1) is 0 Å². The fraction of sp³-hybridized carbons (Fsp3) is 0.600. The molecule has 1 aromatic rings. The van der Waals surface area contributed by atoms with Crippen molar-refractivity contribution in [2.24, 2.45) is 5.41 Å². The molecule has 1 saturated carbocycles. The van der Waals surface area contributed by atoms with Crippen LogP contribution < -0.4 is 4.74 Å². The number of rotatable bonds is 5. The van der Waals surface area contributed by atoms with E-state index in [1.807, 2.05) is 26.0 Å². The Labute approximate surface area is 104 Å². The van der Waals surface area contributed by atoms with Gasteiger partial charge < -0.3 is 9.84 Å². The van der Waals surface area contributed by atoms with Crippen molar-refractivity contribution >= 4 is 0 Å². The zero-order chi connectivity index (χ0) is 12.3. The molecule has 0 saturated heterocycles. The van der Waals surface area contributed by atoms with Crippen LogP contribution in [0.5, 0.6) is 5.75 Å². The molecule has 0 atom stereocenters. The number of aliphatic hydroxyl groups excluding tert-OH is 1. The van der Waals surface area contributed by atoms with E-state index in [2.05, 4.69) is 12.1 Å². The summed E-state index contributed by atoms with van der Waals surface area (Å²) in [6, 6.07) is 8.29. The fourth-order valence-corrected chi connectivity index (χ4v) is 2.46. The molecule has 0 aromatic heterocycles. The third kappa shape index (κ3) is 3.01. The Morgan fingerprint density at radius 2 is 1.88 bits per heavy atom. The smallest absolute Gasteiger partial charge is 0.119 e. The Morgan fingerprint density at radius 3 is 2.29 bits per heavy atom. The molecular weight excluding hydrogens is 212 g/mol. The molecule has 0 radical (unpaired) electrons. The topological polar surface area (TPSA) is 29.5 Å². The van der Waals surface area contributed by atoms with Gasteiger partial charge in [-0.25, -0.2) is 0 Å². The van der Waals surface area contributed by atoms with E-state index in [0.29, 0.717) is 6.61 Å². The summed E-state index contributed by atoms with van der Waals surface area (Å²) in [7, 11) is 0. The van der Waals surface area contributed by atoms with E-state index in [1.54, 1.807) is 0 Å². The van der Waals surface area contributed by atoms with Crippen LogP contribution in [0.2, 0.25) is 0 Å². The Kier molecular flexibility index (Phi) is 3.72. The lowest BCUT2D eigenvalue weighted by molar-refractivity contribution is 0.0450. The molecule has 17 heavy (non-hydrogen) atoms. The van der Waals surface area contributed by atoms with Gasteiger partial charge in [0.05, 0.1) is 6.10 Å². The van der Waals surface area contributed by atoms with E-state index in [0.717, 1.165) is 25.0 Å². The first-order chi connectivity index (χ1) is 8.13. The summed E-state index contributed by atoms with van der Waals surface area (Å²) >= 11 is 0. The maximum atomic E-state index is 9.45. The van der Waals surface area contributed by atoms with Crippen LogP contribution in [0.3, 0.4) is 0 Å². The van der Waals surface area contributed by atoms with E-state index in [4.69, 9.17) is 4.74 Å². The highest BCUT2D eigenvalue weighted by Crippen LogP contribution is 2.43. The lowest BCUT2D eigenvalue weighted by Crippen LogP contribution is -2.35. The highest BCUT2D eigenvalue weighted by molar-refractivity contribution is 5.28. The lowest BCUT2D eigenvalue weighted by atomic mass is 9.66. The highest BCUT2D eigenvalue weighted by atomic mass is 16.5. The Bertz CT molecular complexity index is 344. The van der Waals surface area contributed by atoms with Crippen LogP contribution in [-0.4, -0.2) is 17.8 Å². The monoisotopic (exact) mass is 234 g/mol. The van der Waals surface area contributed by atoms with Gasteiger partial charge in [-0.3, -0.25) is 0 Å². The Hall–Kier alpha value is -1.02. The molecule has 1 aliphatic carbocycles. The second-order valence-electron chi connectivity index (χ2n) is 5.50. The first-order valence-electron chi connectivity index (χ1n) is 6.50. The van der Waals surface area contributed by atoms with Gasteiger partial charge in [-0.2, -0.15) is 0 Å². The average molecular weight is 234 g/mol. The third-order valence-corrected chi connectivity index (χ3v) is 3.62. The number of hydrogen-bond donors (Lipinski definition) is 1. The van der Waals surface area contributed by atoms with Crippen LogP contribution in [0.1, 0.15) is 38.7 Å². The molecular formula is C15H22O2. The first-order valence-corrected chi connectivity index (χ1v) is 6.50.